The van der Waals surface area contributed by atoms with Crippen molar-refractivity contribution in [3.63, 3.8) is 0 Å². The zero-order chi connectivity index (χ0) is 24.8. The number of aromatic nitrogens is 3. The first-order chi connectivity index (χ1) is 18.3. The number of rotatable bonds is 3. The molecule has 0 amide bonds. The number of hydrogen-bond acceptors (Lipinski definition) is 3. The van der Waals surface area contributed by atoms with E-state index in [2.05, 4.69) is 125 Å². The van der Waals surface area contributed by atoms with Crippen LogP contribution in [0.2, 0.25) is 0 Å². The molecule has 1 aliphatic rings. The number of anilines is 3. The van der Waals surface area contributed by atoms with E-state index in [0.29, 0.717) is 0 Å². The molecule has 1 aliphatic heterocycles. The highest BCUT2D eigenvalue weighted by molar-refractivity contribution is 5.95. The van der Waals surface area contributed by atoms with E-state index in [1.807, 2.05) is 24.4 Å². The number of hydrogen-bond donors (Lipinski definition) is 0. The molecule has 0 bridgehead atoms. The molecule has 0 radical (unpaired) electrons. The van der Waals surface area contributed by atoms with Crippen molar-refractivity contribution in [2.75, 3.05) is 4.90 Å². The van der Waals surface area contributed by atoms with Gasteiger partial charge in [0.1, 0.15) is 5.82 Å². The lowest BCUT2D eigenvalue weighted by Crippen LogP contribution is -2.12. The number of fused-ring (bicyclic) bond motifs is 3. The van der Waals surface area contributed by atoms with Crippen molar-refractivity contribution in [1.29, 1.82) is 0 Å². The van der Waals surface area contributed by atoms with Crippen LogP contribution in [0.3, 0.4) is 0 Å². The lowest BCUT2D eigenvalue weighted by molar-refractivity contribution is 0.959. The van der Waals surface area contributed by atoms with Gasteiger partial charge in [0, 0.05) is 30.1 Å². The highest BCUT2D eigenvalue weighted by Gasteiger charge is 2.22. The van der Waals surface area contributed by atoms with E-state index in [1.54, 1.807) is 0 Å². The van der Waals surface area contributed by atoms with Crippen LogP contribution in [-0.2, 0) is 7.05 Å². The van der Waals surface area contributed by atoms with Gasteiger partial charge in [0.15, 0.2) is 0 Å². The fourth-order valence-corrected chi connectivity index (χ4v) is 5.18. The van der Waals surface area contributed by atoms with Crippen LogP contribution in [0.5, 0.6) is 0 Å². The molecule has 6 aromatic rings. The molecule has 2 aromatic heterocycles. The summed E-state index contributed by atoms with van der Waals surface area (Å²) in [5.41, 5.74) is 10.9. The smallest absolute Gasteiger partial charge is 0.140 e. The Morgan fingerprint density at radius 2 is 1.43 bits per heavy atom. The molecule has 7 rings (SSSR count). The van der Waals surface area contributed by atoms with Crippen molar-refractivity contribution in [2.24, 2.45) is 7.05 Å². The van der Waals surface area contributed by atoms with Gasteiger partial charge in [0.25, 0.3) is 0 Å². The summed E-state index contributed by atoms with van der Waals surface area (Å²) in [4.78, 5) is 11.9. The van der Waals surface area contributed by atoms with Gasteiger partial charge < -0.3 is 9.47 Å². The lowest BCUT2D eigenvalue weighted by Gasteiger charge is -2.28. The number of para-hydroxylation sites is 3. The van der Waals surface area contributed by atoms with Crippen molar-refractivity contribution in [1.82, 2.24) is 14.5 Å². The first-order valence-electron chi connectivity index (χ1n) is 12.4. The van der Waals surface area contributed by atoms with E-state index in [1.165, 1.54) is 5.56 Å². The molecular formula is C33H24N4. The molecule has 0 atom stereocenters. The molecule has 0 spiro atoms. The fraction of sp³-hybridized carbons (Fsp3) is 0.0303. The number of benzene rings is 4. The second-order valence-corrected chi connectivity index (χ2v) is 9.25. The minimum absolute atomic E-state index is 0.952. The van der Waals surface area contributed by atoms with E-state index >= 15 is 0 Å². The normalized spacial score (nSPS) is 12.3. The highest BCUT2D eigenvalue weighted by atomic mass is 15.1. The Labute approximate surface area is 215 Å². The van der Waals surface area contributed by atoms with Gasteiger partial charge in [-0.1, -0.05) is 72.8 Å². The molecule has 4 aromatic carbocycles. The van der Waals surface area contributed by atoms with Gasteiger partial charge in [-0.3, -0.25) is 4.98 Å². The van der Waals surface area contributed by atoms with Crippen LogP contribution in [0.25, 0.3) is 45.8 Å². The van der Waals surface area contributed by atoms with Crippen LogP contribution >= 0.6 is 0 Å². The number of aryl methyl sites for hydroxylation is 1. The molecule has 37 heavy (non-hydrogen) atoms. The van der Waals surface area contributed by atoms with Gasteiger partial charge in [0.05, 0.1) is 28.1 Å². The van der Waals surface area contributed by atoms with Gasteiger partial charge in [-0.2, -0.15) is 0 Å². The van der Waals surface area contributed by atoms with Crippen LogP contribution in [0.4, 0.5) is 17.1 Å². The monoisotopic (exact) mass is 476 g/mol. The van der Waals surface area contributed by atoms with Crippen LogP contribution in [-0.4, -0.2) is 14.5 Å². The highest BCUT2D eigenvalue weighted by Crippen LogP contribution is 2.44. The molecule has 0 saturated carbocycles. The van der Waals surface area contributed by atoms with Gasteiger partial charge in [-0.05, 0) is 59.7 Å². The minimum Gasteiger partial charge on any atom is -0.327 e. The Balaban J connectivity index is 1.44. The van der Waals surface area contributed by atoms with Crippen molar-refractivity contribution in [3.8, 4) is 22.6 Å². The van der Waals surface area contributed by atoms with Gasteiger partial charge in [0.2, 0.25) is 0 Å². The van der Waals surface area contributed by atoms with E-state index in [9.17, 15) is 0 Å². The largest absolute Gasteiger partial charge is 0.327 e. The van der Waals surface area contributed by atoms with E-state index in [-0.39, 0.29) is 0 Å². The average molecular weight is 477 g/mol. The Kier molecular flexibility index (Phi) is 4.96. The Morgan fingerprint density at radius 3 is 2.30 bits per heavy atom. The first kappa shape index (κ1) is 21.3. The van der Waals surface area contributed by atoms with E-state index in [0.717, 1.165) is 56.3 Å². The molecule has 4 heteroatoms. The topological polar surface area (TPSA) is 34.0 Å². The predicted molar refractivity (Wildman–Crippen MR) is 153 cm³/mol. The van der Waals surface area contributed by atoms with Crippen LogP contribution in [0.15, 0.2) is 115 Å². The number of nitrogens with zero attached hydrogens (tertiary/aromatic N) is 4. The summed E-state index contributed by atoms with van der Waals surface area (Å²) in [6.45, 7) is 0. The van der Waals surface area contributed by atoms with Crippen molar-refractivity contribution < 1.29 is 0 Å². The van der Waals surface area contributed by atoms with Gasteiger partial charge >= 0.3 is 0 Å². The van der Waals surface area contributed by atoms with Gasteiger partial charge in [-0.15, -0.1) is 0 Å². The summed E-state index contributed by atoms with van der Waals surface area (Å²) in [6.07, 6.45) is 6.24. The standard InChI is InChI=1S/C33H24N4/c1-36-31-15-5-3-13-29(31)35-33(36)26-19-18-24-17-16-23-9-2-4-14-30(23)37(32(24)22-26)27-11-8-10-25(21-27)28-12-6-7-20-34-28/h2-22H,1H3. The second-order valence-electron chi connectivity index (χ2n) is 9.25. The summed E-state index contributed by atoms with van der Waals surface area (Å²) >= 11 is 0. The maximum absolute atomic E-state index is 4.97. The van der Waals surface area contributed by atoms with Crippen molar-refractivity contribution >= 4 is 40.2 Å². The third-order valence-electron chi connectivity index (χ3n) is 7.00. The van der Waals surface area contributed by atoms with Gasteiger partial charge in [-0.25, -0.2) is 4.98 Å². The molecule has 0 fully saturated rings. The first-order valence-corrected chi connectivity index (χ1v) is 12.4. The molecule has 4 nitrogen and oxygen atoms in total. The predicted octanol–water partition coefficient (Wildman–Crippen LogP) is 8.26. The summed E-state index contributed by atoms with van der Waals surface area (Å²) in [7, 11) is 2.08. The van der Waals surface area contributed by atoms with Crippen LogP contribution in [0, 0.1) is 0 Å². The number of pyridine rings is 1. The Bertz CT molecular complexity index is 1800. The van der Waals surface area contributed by atoms with E-state index < -0.39 is 0 Å². The van der Waals surface area contributed by atoms with Crippen molar-refractivity contribution in [2.45, 2.75) is 0 Å². The second kappa shape index (κ2) is 8.61. The lowest BCUT2D eigenvalue weighted by atomic mass is 10.0. The molecule has 3 heterocycles. The quantitative estimate of drug-likeness (QED) is 0.257. The summed E-state index contributed by atoms with van der Waals surface area (Å²) in [6, 6.07) is 38.1. The van der Waals surface area contributed by atoms with Crippen molar-refractivity contribution in [3.05, 3.63) is 127 Å². The Morgan fingerprint density at radius 1 is 0.622 bits per heavy atom. The minimum atomic E-state index is 0.952. The Hall–Kier alpha value is -4.96. The number of imidazole rings is 1. The van der Waals surface area contributed by atoms with Crippen LogP contribution < -0.4 is 4.90 Å². The molecule has 0 aliphatic carbocycles. The zero-order valence-corrected chi connectivity index (χ0v) is 20.4. The zero-order valence-electron chi connectivity index (χ0n) is 20.4. The third-order valence-corrected chi connectivity index (χ3v) is 7.00. The fourth-order valence-electron chi connectivity index (χ4n) is 5.18. The molecule has 0 N–H and O–H groups in total. The summed E-state index contributed by atoms with van der Waals surface area (Å²) < 4.78 is 2.17. The molecular weight excluding hydrogens is 452 g/mol. The van der Waals surface area contributed by atoms with E-state index in [4.69, 9.17) is 4.98 Å². The SMILES string of the molecule is Cn1c(-c2ccc3c(c2)N(c2cccc(-c4ccccn4)c2)c2ccccc2C=C3)nc2ccccc21. The maximum atomic E-state index is 4.97. The summed E-state index contributed by atoms with van der Waals surface area (Å²) in [5, 5.41) is 0. The van der Waals surface area contributed by atoms with Crippen LogP contribution in [0.1, 0.15) is 11.1 Å². The third kappa shape index (κ3) is 3.62. The molecule has 176 valence electrons. The average Bonchev–Trinajstić information content (AvgIpc) is 3.20. The summed E-state index contributed by atoms with van der Waals surface area (Å²) in [5.74, 6) is 0.952. The molecule has 0 saturated heterocycles. The maximum Gasteiger partial charge on any atom is 0.140 e. The molecule has 0 unspecified atom stereocenters.